The van der Waals surface area contributed by atoms with Crippen molar-refractivity contribution in [3.8, 4) is 0 Å². The van der Waals surface area contributed by atoms with E-state index in [4.69, 9.17) is 4.74 Å². The molecule has 2 fully saturated rings. The Hall–Kier alpha value is -1.63. The Balaban J connectivity index is 1.81. The van der Waals surface area contributed by atoms with Gasteiger partial charge in [0.05, 0.1) is 11.0 Å². The molecular weight excluding hydrogens is 272 g/mol. The predicted molar refractivity (Wildman–Crippen MR) is 78.3 cm³/mol. The van der Waals surface area contributed by atoms with E-state index in [1.165, 1.54) is 6.42 Å². The summed E-state index contributed by atoms with van der Waals surface area (Å²) in [5.41, 5.74) is 0.711. The molecule has 1 aromatic heterocycles. The van der Waals surface area contributed by atoms with Crippen molar-refractivity contribution in [3.05, 3.63) is 15.8 Å². The lowest BCUT2D eigenvalue weighted by molar-refractivity contribution is -0.384. The topological polar surface area (TPSA) is 82.2 Å². The van der Waals surface area contributed by atoms with Crippen LogP contribution in [0.4, 0.5) is 11.5 Å². The Morgan fingerprint density at radius 2 is 2.29 bits per heavy atom. The van der Waals surface area contributed by atoms with Crippen LogP contribution in [0.25, 0.3) is 0 Å². The van der Waals surface area contributed by atoms with Crippen molar-refractivity contribution < 1.29 is 9.66 Å². The van der Waals surface area contributed by atoms with Crippen LogP contribution < -0.4 is 5.32 Å². The first-order valence-corrected chi connectivity index (χ1v) is 7.55. The Bertz CT molecular complexity index is 565. The van der Waals surface area contributed by atoms with Gasteiger partial charge in [-0.05, 0) is 33.1 Å². The van der Waals surface area contributed by atoms with Crippen LogP contribution in [0.1, 0.15) is 38.3 Å². The fourth-order valence-corrected chi connectivity index (χ4v) is 3.83. The number of rotatable bonds is 5. The molecule has 2 aliphatic carbocycles. The van der Waals surface area contributed by atoms with Gasteiger partial charge in [-0.2, -0.15) is 5.10 Å². The zero-order valence-corrected chi connectivity index (χ0v) is 12.8. The lowest BCUT2D eigenvalue weighted by atomic mass is 9.51. The molecule has 2 aliphatic rings. The molecule has 0 saturated heterocycles. The minimum absolute atomic E-state index is 0.0897. The smallest absolute Gasteiger partial charge is 0.333 e. The van der Waals surface area contributed by atoms with E-state index in [0.29, 0.717) is 17.6 Å². The summed E-state index contributed by atoms with van der Waals surface area (Å²) in [4.78, 5) is 10.9. The zero-order valence-electron chi connectivity index (χ0n) is 12.8. The highest BCUT2D eigenvalue weighted by Crippen LogP contribution is 2.58. The molecule has 21 heavy (non-hydrogen) atoms. The van der Waals surface area contributed by atoms with Gasteiger partial charge in [0, 0.05) is 25.1 Å². The van der Waals surface area contributed by atoms with Gasteiger partial charge in [0.2, 0.25) is 5.82 Å². The number of anilines is 1. The van der Waals surface area contributed by atoms with Crippen molar-refractivity contribution in [1.29, 1.82) is 0 Å². The monoisotopic (exact) mass is 294 g/mol. The highest BCUT2D eigenvalue weighted by molar-refractivity contribution is 5.60. The Morgan fingerprint density at radius 1 is 1.57 bits per heavy atom. The second-order valence-electron chi connectivity index (χ2n) is 6.13. The summed E-state index contributed by atoms with van der Waals surface area (Å²) in [5, 5.41) is 18.8. The van der Waals surface area contributed by atoms with Gasteiger partial charge in [-0.25, -0.2) is 4.68 Å². The number of aromatic nitrogens is 2. The van der Waals surface area contributed by atoms with E-state index in [-0.39, 0.29) is 22.1 Å². The van der Waals surface area contributed by atoms with Crippen molar-refractivity contribution >= 4 is 11.5 Å². The number of ether oxygens (including phenoxy) is 1. The molecule has 1 spiro atoms. The van der Waals surface area contributed by atoms with E-state index in [9.17, 15) is 10.1 Å². The van der Waals surface area contributed by atoms with E-state index < -0.39 is 0 Å². The molecule has 0 unspecified atom stereocenters. The molecule has 1 heterocycles. The van der Waals surface area contributed by atoms with Gasteiger partial charge in [-0.3, -0.25) is 10.1 Å². The van der Waals surface area contributed by atoms with Crippen LogP contribution in [0, 0.1) is 22.5 Å². The minimum atomic E-state index is -0.350. The fourth-order valence-electron chi connectivity index (χ4n) is 3.83. The van der Waals surface area contributed by atoms with Crippen LogP contribution in [-0.4, -0.2) is 33.5 Å². The molecule has 7 nitrogen and oxygen atoms in total. The van der Waals surface area contributed by atoms with Crippen LogP contribution in [0.3, 0.4) is 0 Å². The molecular formula is C14H22N4O3. The van der Waals surface area contributed by atoms with Gasteiger partial charge in [0.1, 0.15) is 5.69 Å². The van der Waals surface area contributed by atoms with E-state index in [2.05, 4.69) is 10.4 Å². The van der Waals surface area contributed by atoms with Crippen LogP contribution in [-0.2, 0) is 11.8 Å². The van der Waals surface area contributed by atoms with Crippen LogP contribution in [0.2, 0.25) is 0 Å². The zero-order chi connectivity index (χ0) is 15.2. The number of aryl methyl sites for hydroxylation is 2. The summed E-state index contributed by atoms with van der Waals surface area (Å²) in [6.45, 7) is 4.42. The molecule has 0 radical (unpaired) electrons. The van der Waals surface area contributed by atoms with Crippen molar-refractivity contribution in [1.82, 2.24) is 9.78 Å². The Morgan fingerprint density at radius 3 is 2.81 bits per heavy atom. The van der Waals surface area contributed by atoms with Crippen LogP contribution in [0.5, 0.6) is 0 Å². The van der Waals surface area contributed by atoms with E-state index in [0.717, 1.165) is 25.9 Å². The normalized spacial score (nSPS) is 26.2. The number of nitro groups is 1. The van der Waals surface area contributed by atoms with Crippen molar-refractivity contribution in [2.75, 3.05) is 11.9 Å². The summed E-state index contributed by atoms with van der Waals surface area (Å²) < 4.78 is 7.40. The fraction of sp³-hybridized carbons (Fsp3) is 0.786. The number of hydrogen-bond donors (Lipinski definition) is 1. The Kier molecular flexibility index (Phi) is 3.39. The standard InChI is InChI=1S/C14H22N4O3/c1-4-21-11-8-10(14(11)6-5-7-14)15-13-12(18(19)20)9(2)16-17(13)3/h10-11,15H,4-8H2,1-3H3/t10-,11-/m0/s1. The highest BCUT2D eigenvalue weighted by atomic mass is 16.6. The Labute approximate surface area is 123 Å². The van der Waals surface area contributed by atoms with E-state index >= 15 is 0 Å². The maximum absolute atomic E-state index is 11.2. The van der Waals surface area contributed by atoms with E-state index in [1.807, 2.05) is 6.92 Å². The predicted octanol–water partition coefficient (Wildman–Crippen LogP) is 2.40. The first-order chi connectivity index (χ1) is 9.99. The number of hydrogen-bond acceptors (Lipinski definition) is 5. The first kappa shape index (κ1) is 14.3. The van der Waals surface area contributed by atoms with Crippen molar-refractivity contribution in [2.45, 2.75) is 51.7 Å². The third kappa shape index (κ3) is 2.02. The van der Waals surface area contributed by atoms with Crippen LogP contribution >= 0.6 is 0 Å². The SMILES string of the molecule is CCO[C@H]1C[C@H](Nc2c([N+](=O)[O-])c(C)nn2C)C12CCC2. The summed E-state index contributed by atoms with van der Waals surface area (Å²) in [5.74, 6) is 0.517. The molecule has 0 aromatic carbocycles. The van der Waals surface area contributed by atoms with Gasteiger partial charge >= 0.3 is 5.69 Å². The number of nitrogens with one attached hydrogen (secondary N) is 1. The van der Waals surface area contributed by atoms with Gasteiger partial charge in [-0.1, -0.05) is 6.42 Å². The molecule has 1 aromatic rings. The minimum Gasteiger partial charge on any atom is -0.378 e. The molecule has 3 rings (SSSR count). The molecule has 7 heteroatoms. The first-order valence-electron chi connectivity index (χ1n) is 7.55. The summed E-state index contributed by atoms with van der Waals surface area (Å²) in [6.07, 6.45) is 4.70. The van der Waals surface area contributed by atoms with E-state index in [1.54, 1.807) is 18.7 Å². The average Bonchev–Trinajstić information content (AvgIpc) is 2.60. The molecule has 116 valence electrons. The molecule has 2 atom stereocenters. The average molecular weight is 294 g/mol. The molecule has 1 N–H and O–H groups in total. The van der Waals surface area contributed by atoms with Crippen LogP contribution in [0.15, 0.2) is 0 Å². The maximum Gasteiger partial charge on any atom is 0.333 e. The largest absolute Gasteiger partial charge is 0.378 e. The second kappa shape index (κ2) is 4.98. The highest BCUT2D eigenvalue weighted by Gasteiger charge is 2.59. The molecule has 0 bridgehead atoms. The summed E-state index contributed by atoms with van der Waals surface area (Å²) in [7, 11) is 1.74. The lowest BCUT2D eigenvalue weighted by Gasteiger charge is -2.61. The third-order valence-corrected chi connectivity index (χ3v) is 5.12. The number of nitrogens with zero attached hydrogens (tertiary/aromatic N) is 3. The summed E-state index contributed by atoms with van der Waals surface area (Å²) in [6, 6.07) is 0.247. The van der Waals surface area contributed by atoms with Gasteiger partial charge in [0.15, 0.2) is 0 Å². The van der Waals surface area contributed by atoms with Gasteiger partial charge < -0.3 is 10.1 Å². The quantitative estimate of drug-likeness (QED) is 0.666. The second-order valence-corrected chi connectivity index (χ2v) is 6.13. The molecule has 0 amide bonds. The lowest BCUT2D eigenvalue weighted by Crippen LogP contribution is -2.64. The third-order valence-electron chi connectivity index (χ3n) is 5.12. The summed E-state index contributed by atoms with van der Waals surface area (Å²) >= 11 is 0. The maximum atomic E-state index is 11.2. The van der Waals surface area contributed by atoms with Crippen molar-refractivity contribution in [2.24, 2.45) is 12.5 Å². The molecule has 2 saturated carbocycles. The van der Waals surface area contributed by atoms with Gasteiger partial charge in [-0.15, -0.1) is 0 Å². The molecule has 0 aliphatic heterocycles. The van der Waals surface area contributed by atoms with Gasteiger partial charge in [0.25, 0.3) is 0 Å². The van der Waals surface area contributed by atoms with Crippen molar-refractivity contribution in [3.63, 3.8) is 0 Å².